The van der Waals surface area contributed by atoms with Crippen molar-refractivity contribution in [2.24, 2.45) is 0 Å². The van der Waals surface area contributed by atoms with Gasteiger partial charge in [0, 0.05) is 0 Å². The zero-order valence-corrected chi connectivity index (χ0v) is 10.9. The van der Waals surface area contributed by atoms with Crippen LogP contribution in [0.1, 0.15) is 5.71 Å². The summed E-state index contributed by atoms with van der Waals surface area (Å²) in [4.78, 5) is 14.3. The van der Waals surface area contributed by atoms with Gasteiger partial charge in [0.15, 0.2) is 17.4 Å². The monoisotopic (exact) mass is 290 g/mol. The molecular formula is H9AlBaCaO3Si. The summed E-state index contributed by atoms with van der Waals surface area (Å²) >= 11 is 0. The van der Waals surface area contributed by atoms with Crippen molar-refractivity contribution < 1.29 is 19.8 Å². The van der Waals surface area contributed by atoms with Crippen LogP contribution in [0.4, 0.5) is 0 Å². The normalized spacial score (nSPS) is 3.43. The topological polar surface area (TPSA) is 57.5 Å². The van der Waals surface area contributed by atoms with Crippen LogP contribution < -0.4 is 0 Å². The molecule has 0 heterocycles. The number of rotatable bonds is 0. The molecule has 0 aromatic heterocycles. The molecule has 0 aliphatic rings. The molecule has 2 N–H and O–H groups in total. The molecule has 0 aliphatic carbocycles. The third kappa shape index (κ3) is 49.3. The summed E-state index contributed by atoms with van der Waals surface area (Å²) in [5.41, 5.74) is 0. The van der Waals surface area contributed by atoms with Crippen molar-refractivity contribution in [3.8, 4) is 0 Å². The Morgan fingerprint density at radius 1 is 1.43 bits per heavy atom. The molecule has 0 unspecified atom stereocenters. The summed E-state index contributed by atoms with van der Waals surface area (Å²) in [6, 6.07) is 0. The fraction of sp³-hybridized carbons (Fsp3) is 0. The predicted molar refractivity (Wildman–Crippen MR) is 36.8 cm³/mol. The van der Waals surface area contributed by atoms with E-state index in [0.717, 1.165) is 0 Å². The zero-order chi connectivity index (χ0) is 3.58. The molecule has 0 atom stereocenters. The first-order valence-corrected chi connectivity index (χ1v) is 1.95. The second-order valence-electron chi connectivity index (χ2n) is 0.283. The minimum absolute atomic E-state index is 0. The van der Waals surface area contributed by atoms with Crippen molar-refractivity contribution in [2.75, 3.05) is 0 Å². The number of hydrogen-bond donors (Lipinski definition) is 2. The minimum atomic E-state index is -3.13. The molecule has 0 aromatic carbocycles. The summed E-state index contributed by atoms with van der Waals surface area (Å²) in [5.74, 6) is 0. The maximum Gasteiger partial charge on any atom is 2.00 e. The van der Waals surface area contributed by atoms with E-state index in [-0.39, 0.29) is 110 Å². The minimum Gasteiger partial charge on any atom is -1.00 e. The van der Waals surface area contributed by atoms with Gasteiger partial charge >= 0.3 is 95.8 Å². The molecule has 0 bridgehead atoms. The van der Waals surface area contributed by atoms with E-state index in [0.29, 0.717) is 0 Å². The SMILES string of the molecule is O=[Si](O)O.[AlH3].[Ba+2].[Ca+2].[H-].[H-].[H-].[H-]. The molecule has 0 saturated heterocycles. The van der Waals surface area contributed by atoms with Crippen LogP contribution in [0.15, 0.2) is 0 Å². The Balaban J connectivity index is -0.00000000214. The first-order valence-electron chi connectivity index (χ1n) is 0.651. The van der Waals surface area contributed by atoms with Crippen LogP contribution in [0.25, 0.3) is 0 Å². The van der Waals surface area contributed by atoms with Crippen LogP contribution in [0.3, 0.4) is 0 Å². The first-order chi connectivity index (χ1) is 1.73. The predicted octanol–water partition coefficient (Wildman–Crippen LogP) is -3.11. The molecule has 0 aromatic rings. The van der Waals surface area contributed by atoms with E-state index < -0.39 is 9.17 Å². The fourth-order valence-electron chi connectivity index (χ4n) is 0. The van der Waals surface area contributed by atoms with Gasteiger partial charge in [-0.1, -0.05) is 0 Å². The van der Waals surface area contributed by atoms with Crippen molar-refractivity contribution in [1.29, 1.82) is 0 Å². The molecule has 38 valence electrons. The van der Waals surface area contributed by atoms with Gasteiger partial charge in [0.25, 0.3) is 0 Å². The summed E-state index contributed by atoms with van der Waals surface area (Å²) in [5, 5.41) is 0. The molecule has 0 radical (unpaired) electrons. The second-order valence-corrected chi connectivity index (χ2v) is 0.848. The van der Waals surface area contributed by atoms with E-state index in [4.69, 9.17) is 14.1 Å². The maximum absolute atomic E-state index is 8.74. The van der Waals surface area contributed by atoms with Crippen molar-refractivity contribution in [3.63, 3.8) is 0 Å². The Kier molecular flexibility index (Phi) is 51.4. The third-order valence-corrected chi connectivity index (χ3v) is 0. The Bertz CT molecular complexity index is 48.3. The molecule has 0 amide bonds. The molecule has 0 rings (SSSR count). The van der Waals surface area contributed by atoms with E-state index in [1.54, 1.807) is 0 Å². The van der Waals surface area contributed by atoms with Crippen LogP contribution in [0.5, 0.6) is 0 Å². The Labute approximate surface area is 130 Å². The molecule has 0 saturated carbocycles. The smallest absolute Gasteiger partial charge is 1.00 e. The van der Waals surface area contributed by atoms with Crippen molar-refractivity contribution in [1.82, 2.24) is 0 Å². The molecular weight excluding hydrogens is 280 g/mol. The molecule has 3 nitrogen and oxygen atoms in total. The van der Waals surface area contributed by atoms with Crippen LogP contribution in [0.2, 0.25) is 0 Å². The van der Waals surface area contributed by atoms with Crippen LogP contribution in [-0.4, -0.2) is 123 Å². The maximum atomic E-state index is 8.74. The third-order valence-electron chi connectivity index (χ3n) is 0. The largest absolute Gasteiger partial charge is 2.00 e. The molecule has 0 spiro atoms. The van der Waals surface area contributed by atoms with Gasteiger partial charge in [-0.2, -0.15) is 0 Å². The standard InChI is InChI=1S/Al.Ba.Ca.H2O3Si.7H/c;;;1-4(2)3;;;;;;;/h;;;1-2H;;;;;;;/q;2*+2;;;;;4*-1. The van der Waals surface area contributed by atoms with Gasteiger partial charge in [0.05, 0.1) is 0 Å². The second kappa shape index (κ2) is 16.0. The van der Waals surface area contributed by atoms with Crippen molar-refractivity contribution >= 4 is 113 Å². The average molecular weight is 290 g/mol. The molecule has 7 heavy (non-hydrogen) atoms. The Hall–Kier alpha value is 2.98. The fourth-order valence-corrected chi connectivity index (χ4v) is 0. The summed E-state index contributed by atoms with van der Waals surface area (Å²) < 4.78 is 8.74. The van der Waals surface area contributed by atoms with Crippen molar-refractivity contribution in [2.45, 2.75) is 0 Å². The van der Waals surface area contributed by atoms with Crippen LogP contribution >= 0.6 is 0 Å². The first kappa shape index (κ1) is 22.5. The van der Waals surface area contributed by atoms with E-state index in [1.807, 2.05) is 0 Å². The Morgan fingerprint density at radius 2 is 1.43 bits per heavy atom. The van der Waals surface area contributed by atoms with Crippen LogP contribution in [0, 0.1) is 0 Å². The van der Waals surface area contributed by atoms with Crippen LogP contribution in [-0.2, 0) is 4.46 Å². The van der Waals surface area contributed by atoms with E-state index in [1.165, 1.54) is 0 Å². The average Bonchev–Trinajstić information content (AvgIpc) is 0.811. The summed E-state index contributed by atoms with van der Waals surface area (Å²) in [7, 11) is -3.13. The van der Waals surface area contributed by atoms with E-state index in [9.17, 15) is 0 Å². The van der Waals surface area contributed by atoms with E-state index >= 15 is 0 Å². The molecule has 0 aliphatic heterocycles. The van der Waals surface area contributed by atoms with Gasteiger partial charge in [0.2, 0.25) is 0 Å². The zero-order valence-electron chi connectivity index (χ0n) is 7.22. The van der Waals surface area contributed by atoms with Gasteiger partial charge in [-0.3, -0.25) is 4.46 Å². The number of hydrogen-bond acceptors (Lipinski definition) is 1. The van der Waals surface area contributed by atoms with Gasteiger partial charge in [-0.25, -0.2) is 0 Å². The summed E-state index contributed by atoms with van der Waals surface area (Å²) in [6.45, 7) is 0. The van der Waals surface area contributed by atoms with Gasteiger partial charge in [-0.15, -0.1) is 0 Å². The van der Waals surface area contributed by atoms with Gasteiger partial charge in [0.1, 0.15) is 0 Å². The van der Waals surface area contributed by atoms with Gasteiger partial charge in [-0.05, 0) is 0 Å². The molecule has 0 fully saturated rings. The Morgan fingerprint density at radius 3 is 1.43 bits per heavy atom. The quantitative estimate of drug-likeness (QED) is 0.464. The van der Waals surface area contributed by atoms with Crippen molar-refractivity contribution in [3.05, 3.63) is 0 Å². The van der Waals surface area contributed by atoms with E-state index in [2.05, 4.69) is 0 Å². The summed E-state index contributed by atoms with van der Waals surface area (Å²) in [6.07, 6.45) is 0. The molecule has 7 heteroatoms. The van der Waals surface area contributed by atoms with Gasteiger partial charge < -0.3 is 15.3 Å².